The summed E-state index contributed by atoms with van der Waals surface area (Å²) >= 11 is 0. The van der Waals surface area contributed by atoms with Gasteiger partial charge in [-0.05, 0) is 13.3 Å². The first-order chi connectivity index (χ1) is 4.68. The molecule has 0 amide bonds. The van der Waals surface area contributed by atoms with Crippen LogP contribution in [0.2, 0.25) is 0 Å². The molecule has 0 aliphatic rings. The zero-order valence-electron chi connectivity index (χ0n) is 6.04. The maximum atomic E-state index is 10.5. The van der Waals surface area contributed by atoms with Crippen molar-refractivity contribution in [3.05, 3.63) is 12.7 Å². The van der Waals surface area contributed by atoms with Gasteiger partial charge >= 0.3 is 5.97 Å². The van der Waals surface area contributed by atoms with Crippen LogP contribution in [-0.2, 0) is 9.53 Å². The summed E-state index contributed by atoms with van der Waals surface area (Å²) in [5, 5.41) is 8.62. The molecule has 0 heterocycles. The molecule has 58 valence electrons. The highest BCUT2D eigenvalue weighted by atomic mass is 16.5. The second-order valence-electron chi connectivity index (χ2n) is 1.92. The number of esters is 1. The van der Waals surface area contributed by atoms with Crippen molar-refractivity contribution in [2.45, 2.75) is 19.4 Å². The Bertz CT molecular complexity index is 118. The van der Waals surface area contributed by atoms with Crippen molar-refractivity contribution in [1.82, 2.24) is 0 Å². The molecule has 0 saturated carbocycles. The summed E-state index contributed by atoms with van der Waals surface area (Å²) in [5.74, 6) is -0.582. The van der Waals surface area contributed by atoms with E-state index in [2.05, 4.69) is 11.3 Å². The fourth-order valence-electron chi connectivity index (χ4n) is 0.363. The standard InChI is InChI=1S/C7H12O3/c1-3-4-5-10-7(9)6(2)8/h3,6,8H,1,4-5H2,2H3/t6-/m0/s1. The fraction of sp³-hybridized carbons (Fsp3) is 0.571. The minimum Gasteiger partial charge on any atom is -0.463 e. The molecule has 10 heavy (non-hydrogen) atoms. The first-order valence-corrected chi connectivity index (χ1v) is 3.14. The third kappa shape index (κ3) is 4.09. The summed E-state index contributed by atoms with van der Waals surface area (Å²) < 4.78 is 4.58. The van der Waals surface area contributed by atoms with E-state index in [1.807, 2.05) is 0 Å². The molecule has 0 radical (unpaired) electrons. The van der Waals surface area contributed by atoms with E-state index in [0.717, 1.165) is 0 Å². The van der Waals surface area contributed by atoms with E-state index in [1.165, 1.54) is 6.92 Å². The van der Waals surface area contributed by atoms with E-state index >= 15 is 0 Å². The van der Waals surface area contributed by atoms with Crippen molar-refractivity contribution in [2.75, 3.05) is 6.61 Å². The summed E-state index contributed by atoms with van der Waals surface area (Å²) in [7, 11) is 0. The van der Waals surface area contributed by atoms with Gasteiger partial charge in [0.2, 0.25) is 0 Å². The SMILES string of the molecule is C=CCCOC(=O)[C@H](C)O. The van der Waals surface area contributed by atoms with Crippen LogP contribution in [0.5, 0.6) is 0 Å². The van der Waals surface area contributed by atoms with Gasteiger partial charge in [-0.2, -0.15) is 0 Å². The monoisotopic (exact) mass is 144 g/mol. The Hall–Kier alpha value is -0.830. The van der Waals surface area contributed by atoms with Crippen LogP contribution in [0.15, 0.2) is 12.7 Å². The molecule has 0 unspecified atom stereocenters. The molecule has 0 aliphatic heterocycles. The van der Waals surface area contributed by atoms with Gasteiger partial charge in [0.15, 0.2) is 0 Å². The number of ether oxygens (including phenoxy) is 1. The lowest BCUT2D eigenvalue weighted by Gasteiger charge is -2.03. The Morgan fingerprint density at radius 1 is 1.90 bits per heavy atom. The van der Waals surface area contributed by atoms with E-state index in [9.17, 15) is 4.79 Å². The molecule has 0 aromatic carbocycles. The maximum absolute atomic E-state index is 10.5. The number of aliphatic hydroxyl groups is 1. The lowest BCUT2D eigenvalue weighted by atomic mass is 10.4. The molecule has 3 nitrogen and oxygen atoms in total. The van der Waals surface area contributed by atoms with Crippen molar-refractivity contribution >= 4 is 5.97 Å². The summed E-state index contributed by atoms with van der Waals surface area (Å²) in [6.07, 6.45) is 1.25. The molecule has 3 heteroatoms. The van der Waals surface area contributed by atoms with E-state index in [-0.39, 0.29) is 0 Å². The van der Waals surface area contributed by atoms with Crippen LogP contribution in [0.25, 0.3) is 0 Å². The maximum Gasteiger partial charge on any atom is 0.334 e. The molecule has 1 N–H and O–H groups in total. The predicted octanol–water partition coefficient (Wildman–Crippen LogP) is 0.486. The Morgan fingerprint density at radius 2 is 2.50 bits per heavy atom. The molecular weight excluding hydrogens is 132 g/mol. The van der Waals surface area contributed by atoms with Gasteiger partial charge in [-0.15, -0.1) is 6.58 Å². The van der Waals surface area contributed by atoms with Crippen LogP contribution in [0.1, 0.15) is 13.3 Å². The van der Waals surface area contributed by atoms with Crippen molar-refractivity contribution < 1.29 is 14.6 Å². The van der Waals surface area contributed by atoms with Crippen molar-refractivity contribution in [3.63, 3.8) is 0 Å². The van der Waals surface area contributed by atoms with Gasteiger partial charge in [0, 0.05) is 0 Å². The Balaban J connectivity index is 3.30. The summed E-state index contributed by atoms with van der Waals surface area (Å²) in [4.78, 5) is 10.5. The lowest BCUT2D eigenvalue weighted by molar-refractivity contribution is -0.152. The van der Waals surface area contributed by atoms with Crippen LogP contribution in [0.4, 0.5) is 0 Å². The minimum absolute atomic E-state index is 0.299. The molecule has 0 aromatic heterocycles. The minimum atomic E-state index is -1.02. The Labute approximate surface area is 60.3 Å². The van der Waals surface area contributed by atoms with Gasteiger partial charge in [-0.25, -0.2) is 4.79 Å². The highest BCUT2D eigenvalue weighted by Gasteiger charge is 2.08. The largest absolute Gasteiger partial charge is 0.463 e. The van der Waals surface area contributed by atoms with Gasteiger partial charge < -0.3 is 9.84 Å². The first kappa shape index (κ1) is 9.17. The van der Waals surface area contributed by atoms with E-state index < -0.39 is 12.1 Å². The smallest absolute Gasteiger partial charge is 0.334 e. The number of hydrogen-bond donors (Lipinski definition) is 1. The van der Waals surface area contributed by atoms with Gasteiger partial charge in [0.25, 0.3) is 0 Å². The third-order valence-corrected chi connectivity index (χ3v) is 0.907. The molecular formula is C7H12O3. The highest BCUT2D eigenvalue weighted by Crippen LogP contribution is 1.88. The second-order valence-corrected chi connectivity index (χ2v) is 1.92. The zero-order chi connectivity index (χ0) is 7.98. The van der Waals surface area contributed by atoms with E-state index in [1.54, 1.807) is 6.08 Å². The molecule has 0 aromatic rings. The van der Waals surface area contributed by atoms with Crippen molar-refractivity contribution in [1.29, 1.82) is 0 Å². The summed E-state index contributed by atoms with van der Waals surface area (Å²) in [6, 6.07) is 0. The molecule has 0 spiro atoms. The Kier molecular flexibility index (Phi) is 4.58. The van der Waals surface area contributed by atoms with Crippen LogP contribution < -0.4 is 0 Å². The molecule has 0 saturated heterocycles. The summed E-state index contributed by atoms with van der Waals surface area (Å²) in [5.41, 5.74) is 0. The molecule has 0 aliphatic carbocycles. The predicted molar refractivity (Wildman–Crippen MR) is 37.5 cm³/mol. The zero-order valence-corrected chi connectivity index (χ0v) is 6.04. The lowest BCUT2D eigenvalue weighted by Crippen LogP contribution is -2.19. The van der Waals surface area contributed by atoms with Gasteiger partial charge in [-0.3, -0.25) is 0 Å². The normalized spacial score (nSPS) is 12.2. The van der Waals surface area contributed by atoms with Crippen LogP contribution in [0.3, 0.4) is 0 Å². The van der Waals surface area contributed by atoms with Gasteiger partial charge in [0.1, 0.15) is 6.10 Å². The molecule has 0 fully saturated rings. The van der Waals surface area contributed by atoms with Gasteiger partial charge in [0.05, 0.1) is 6.61 Å². The third-order valence-electron chi connectivity index (χ3n) is 0.907. The van der Waals surface area contributed by atoms with Crippen LogP contribution >= 0.6 is 0 Å². The number of carbonyl (C=O) groups is 1. The van der Waals surface area contributed by atoms with E-state index in [0.29, 0.717) is 13.0 Å². The van der Waals surface area contributed by atoms with Crippen LogP contribution in [0, 0.1) is 0 Å². The molecule has 0 bridgehead atoms. The number of carbonyl (C=O) groups excluding carboxylic acids is 1. The summed E-state index contributed by atoms with van der Waals surface area (Å²) in [6.45, 7) is 5.12. The second kappa shape index (κ2) is 4.99. The average Bonchev–Trinajstić information content (AvgIpc) is 1.88. The fourth-order valence-corrected chi connectivity index (χ4v) is 0.363. The number of rotatable bonds is 4. The molecule has 0 rings (SSSR count). The topological polar surface area (TPSA) is 46.5 Å². The average molecular weight is 144 g/mol. The number of aliphatic hydroxyl groups excluding tert-OH is 1. The Morgan fingerprint density at radius 3 is 2.90 bits per heavy atom. The van der Waals surface area contributed by atoms with Gasteiger partial charge in [-0.1, -0.05) is 6.08 Å². The highest BCUT2D eigenvalue weighted by molar-refractivity contribution is 5.73. The van der Waals surface area contributed by atoms with Crippen molar-refractivity contribution in [2.24, 2.45) is 0 Å². The van der Waals surface area contributed by atoms with E-state index in [4.69, 9.17) is 5.11 Å². The first-order valence-electron chi connectivity index (χ1n) is 3.14. The number of hydrogen-bond acceptors (Lipinski definition) is 3. The van der Waals surface area contributed by atoms with Crippen molar-refractivity contribution in [3.8, 4) is 0 Å². The molecule has 1 atom stereocenters. The quantitative estimate of drug-likeness (QED) is 0.355. The van der Waals surface area contributed by atoms with Crippen LogP contribution in [-0.4, -0.2) is 23.8 Å².